The zero-order valence-electron chi connectivity index (χ0n) is 6.79. The molecule has 2 unspecified atom stereocenters. The molecule has 0 aromatic rings. The lowest BCUT2D eigenvalue weighted by molar-refractivity contribution is 0.256. The SMILES string of the molecule is COC1=CC(C)C=CC1C. The molecule has 1 aliphatic rings. The highest BCUT2D eigenvalue weighted by Gasteiger charge is 2.10. The van der Waals surface area contributed by atoms with E-state index in [1.54, 1.807) is 7.11 Å². The highest BCUT2D eigenvalue weighted by atomic mass is 16.5. The first-order valence-corrected chi connectivity index (χ1v) is 3.68. The summed E-state index contributed by atoms with van der Waals surface area (Å²) in [5.74, 6) is 2.09. The van der Waals surface area contributed by atoms with Crippen LogP contribution >= 0.6 is 0 Å². The number of rotatable bonds is 1. The number of hydrogen-bond acceptors (Lipinski definition) is 1. The van der Waals surface area contributed by atoms with Gasteiger partial charge in [0.1, 0.15) is 0 Å². The van der Waals surface area contributed by atoms with E-state index in [0.717, 1.165) is 5.76 Å². The molecule has 1 nitrogen and oxygen atoms in total. The van der Waals surface area contributed by atoms with Gasteiger partial charge in [-0.1, -0.05) is 26.0 Å². The number of ether oxygens (including phenoxy) is 1. The Morgan fingerprint density at radius 3 is 2.50 bits per heavy atom. The van der Waals surface area contributed by atoms with Crippen molar-refractivity contribution in [2.24, 2.45) is 11.8 Å². The quantitative estimate of drug-likeness (QED) is 0.505. The molecule has 0 aromatic heterocycles. The Morgan fingerprint density at radius 2 is 2.00 bits per heavy atom. The topological polar surface area (TPSA) is 9.23 Å². The Hall–Kier alpha value is -0.720. The van der Waals surface area contributed by atoms with Crippen molar-refractivity contribution in [3.05, 3.63) is 24.0 Å². The first-order valence-electron chi connectivity index (χ1n) is 3.68. The molecule has 2 atom stereocenters. The van der Waals surface area contributed by atoms with Crippen LogP contribution in [-0.4, -0.2) is 7.11 Å². The number of methoxy groups -OCH3 is 1. The van der Waals surface area contributed by atoms with Crippen LogP contribution in [0.1, 0.15) is 13.8 Å². The van der Waals surface area contributed by atoms with Crippen molar-refractivity contribution in [2.75, 3.05) is 7.11 Å². The fraction of sp³-hybridized carbons (Fsp3) is 0.556. The average Bonchev–Trinajstić information content (AvgIpc) is 1.94. The van der Waals surface area contributed by atoms with Crippen LogP contribution in [0.2, 0.25) is 0 Å². The summed E-state index contributed by atoms with van der Waals surface area (Å²) in [5.41, 5.74) is 0. The van der Waals surface area contributed by atoms with Crippen molar-refractivity contribution in [1.29, 1.82) is 0 Å². The average molecular weight is 138 g/mol. The summed E-state index contributed by atoms with van der Waals surface area (Å²) >= 11 is 0. The molecule has 0 aliphatic heterocycles. The molecular weight excluding hydrogens is 124 g/mol. The van der Waals surface area contributed by atoms with Crippen molar-refractivity contribution in [3.8, 4) is 0 Å². The summed E-state index contributed by atoms with van der Waals surface area (Å²) in [6, 6.07) is 0. The number of allylic oxidation sites excluding steroid dienone is 3. The maximum atomic E-state index is 5.18. The maximum Gasteiger partial charge on any atom is 0.0987 e. The third kappa shape index (κ3) is 1.41. The monoisotopic (exact) mass is 138 g/mol. The van der Waals surface area contributed by atoms with E-state index < -0.39 is 0 Å². The summed E-state index contributed by atoms with van der Waals surface area (Å²) < 4.78 is 5.18. The first-order chi connectivity index (χ1) is 4.74. The van der Waals surface area contributed by atoms with Gasteiger partial charge in [0, 0.05) is 5.92 Å². The molecule has 0 spiro atoms. The molecule has 0 radical (unpaired) electrons. The second-order valence-corrected chi connectivity index (χ2v) is 2.81. The van der Waals surface area contributed by atoms with Crippen LogP contribution in [0.5, 0.6) is 0 Å². The summed E-state index contributed by atoms with van der Waals surface area (Å²) in [6.07, 6.45) is 6.54. The van der Waals surface area contributed by atoms with Crippen molar-refractivity contribution >= 4 is 0 Å². The van der Waals surface area contributed by atoms with Crippen LogP contribution in [0.4, 0.5) is 0 Å². The van der Waals surface area contributed by atoms with Gasteiger partial charge >= 0.3 is 0 Å². The molecule has 1 heteroatoms. The van der Waals surface area contributed by atoms with E-state index in [0.29, 0.717) is 11.8 Å². The van der Waals surface area contributed by atoms with Gasteiger partial charge in [0.15, 0.2) is 0 Å². The largest absolute Gasteiger partial charge is 0.501 e. The van der Waals surface area contributed by atoms with Crippen LogP contribution in [0.15, 0.2) is 24.0 Å². The van der Waals surface area contributed by atoms with Gasteiger partial charge in [-0.3, -0.25) is 0 Å². The highest BCUT2D eigenvalue weighted by molar-refractivity contribution is 5.16. The molecule has 0 saturated carbocycles. The molecule has 10 heavy (non-hydrogen) atoms. The number of hydrogen-bond donors (Lipinski definition) is 0. The van der Waals surface area contributed by atoms with E-state index in [4.69, 9.17) is 4.74 Å². The van der Waals surface area contributed by atoms with E-state index in [9.17, 15) is 0 Å². The van der Waals surface area contributed by atoms with Crippen LogP contribution in [-0.2, 0) is 4.74 Å². The lowest BCUT2D eigenvalue weighted by atomic mass is 9.97. The third-order valence-electron chi connectivity index (χ3n) is 1.81. The second kappa shape index (κ2) is 2.91. The van der Waals surface area contributed by atoms with E-state index in [1.165, 1.54) is 0 Å². The first kappa shape index (κ1) is 7.39. The van der Waals surface area contributed by atoms with Crippen LogP contribution in [0, 0.1) is 11.8 Å². The van der Waals surface area contributed by atoms with Crippen molar-refractivity contribution in [1.82, 2.24) is 0 Å². The zero-order chi connectivity index (χ0) is 7.56. The van der Waals surface area contributed by atoms with E-state index in [2.05, 4.69) is 32.1 Å². The van der Waals surface area contributed by atoms with Gasteiger partial charge < -0.3 is 4.74 Å². The minimum absolute atomic E-state index is 0.459. The Morgan fingerprint density at radius 1 is 1.30 bits per heavy atom. The molecule has 0 amide bonds. The van der Waals surface area contributed by atoms with Crippen LogP contribution < -0.4 is 0 Å². The summed E-state index contributed by atoms with van der Waals surface area (Å²) in [4.78, 5) is 0. The fourth-order valence-corrected chi connectivity index (χ4v) is 1.16. The summed E-state index contributed by atoms with van der Waals surface area (Å²) in [6.45, 7) is 4.29. The van der Waals surface area contributed by atoms with Gasteiger partial charge in [-0.05, 0) is 12.0 Å². The van der Waals surface area contributed by atoms with Crippen molar-refractivity contribution < 1.29 is 4.74 Å². The van der Waals surface area contributed by atoms with E-state index in [-0.39, 0.29) is 0 Å². The van der Waals surface area contributed by atoms with E-state index in [1.807, 2.05) is 0 Å². The molecular formula is C9H14O. The summed E-state index contributed by atoms with van der Waals surface area (Å²) in [7, 11) is 1.73. The molecule has 0 fully saturated rings. The molecule has 1 rings (SSSR count). The molecule has 0 heterocycles. The highest BCUT2D eigenvalue weighted by Crippen LogP contribution is 2.21. The van der Waals surface area contributed by atoms with E-state index >= 15 is 0 Å². The Kier molecular flexibility index (Phi) is 2.15. The van der Waals surface area contributed by atoms with Crippen molar-refractivity contribution in [3.63, 3.8) is 0 Å². The Balaban J connectivity index is 2.69. The molecule has 0 N–H and O–H groups in total. The van der Waals surface area contributed by atoms with Gasteiger partial charge in [-0.15, -0.1) is 0 Å². The Labute approximate surface area is 62.4 Å². The standard InChI is InChI=1S/C9H14O/c1-7-4-5-8(2)9(6-7)10-3/h4-8H,1-3H3. The van der Waals surface area contributed by atoms with Crippen molar-refractivity contribution in [2.45, 2.75) is 13.8 Å². The summed E-state index contributed by atoms with van der Waals surface area (Å²) in [5, 5.41) is 0. The zero-order valence-corrected chi connectivity index (χ0v) is 6.79. The van der Waals surface area contributed by atoms with Gasteiger partial charge in [0.2, 0.25) is 0 Å². The Bertz CT molecular complexity index is 168. The van der Waals surface area contributed by atoms with Gasteiger partial charge in [0.05, 0.1) is 12.9 Å². The normalized spacial score (nSPS) is 31.7. The second-order valence-electron chi connectivity index (χ2n) is 2.81. The third-order valence-corrected chi connectivity index (χ3v) is 1.81. The molecule has 0 bridgehead atoms. The molecule has 56 valence electrons. The minimum atomic E-state index is 0.459. The van der Waals surface area contributed by atoms with Gasteiger partial charge in [-0.25, -0.2) is 0 Å². The molecule has 0 saturated heterocycles. The lowest BCUT2D eigenvalue weighted by Gasteiger charge is -2.17. The van der Waals surface area contributed by atoms with Crippen LogP contribution in [0.25, 0.3) is 0 Å². The molecule has 1 aliphatic carbocycles. The fourth-order valence-electron chi connectivity index (χ4n) is 1.16. The molecule has 0 aromatic carbocycles. The lowest BCUT2D eigenvalue weighted by Crippen LogP contribution is -2.05. The van der Waals surface area contributed by atoms with Crippen LogP contribution in [0.3, 0.4) is 0 Å². The van der Waals surface area contributed by atoms with Gasteiger partial charge in [-0.2, -0.15) is 0 Å². The van der Waals surface area contributed by atoms with Gasteiger partial charge in [0.25, 0.3) is 0 Å². The smallest absolute Gasteiger partial charge is 0.0987 e. The maximum absolute atomic E-state index is 5.18. The minimum Gasteiger partial charge on any atom is -0.501 e. The predicted octanol–water partition coefficient (Wildman–Crippen LogP) is 2.36. The predicted molar refractivity (Wildman–Crippen MR) is 42.6 cm³/mol.